The second-order valence-corrected chi connectivity index (χ2v) is 10.4. The van der Waals surface area contributed by atoms with Gasteiger partial charge in [-0.05, 0) is 69.4 Å². The lowest BCUT2D eigenvalue weighted by Gasteiger charge is -2.24. The Hall–Kier alpha value is -3.35. The Balaban J connectivity index is 1.85. The van der Waals surface area contributed by atoms with E-state index in [9.17, 15) is 14.0 Å². The molecule has 0 N–H and O–H groups in total. The number of aryl methyl sites for hydroxylation is 1. The van der Waals surface area contributed by atoms with E-state index in [1.165, 1.54) is 25.7 Å². The van der Waals surface area contributed by atoms with Crippen molar-refractivity contribution in [2.24, 2.45) is 7.05 Å². The number of esters is 2. The molecule has 1 aliphatic carbocycles. The van der Waals surface area contributed by atoms with E-state index in [-0.39, 0.29) is 12.4 Å². The van der Waals surface area contributed by atoms with Gasteiger partial charge in [-0.3, -0.25) is 0 Å². The molecule has 2 aromatic carbocycles. The second-order valence-electron chi connectivity index (χ2n) is 10.4. The molecular weight excluding hydrogens is 461 g/mol. The molecule has 0 aliphatic heterocycles. The lowest BCUT2D eigenvalue weighted by atomic mass is 9.81. The minimum absolute atomic E-state index is 0.275. The normalized spacial score (nSPS) is 14.6. The highest BCUT2D eigenvalue weighted by Crippen LogP contribution is 2.46. The number of halogens is 1. The number of carbonyl (C=O) groups is 2. The molecule has 0 unspecified atom stereocenters. The van der Waals surface area contributed by atoms with Crippen LogP contribution in [0.4, 0.5) is 4.39 Å². The smallest absolute Gasteiger partial charge is 0.344 e. The van der Waals surface area contributed by atoms with Crippen LogP contribution in [0.5, 0.6) is 5.75 Å². The second kappa shape index (κ2) is 10.3. The third kappa shape index (κ3) is 5.40. The highest BCUT2D eigenvalue weighted by Gasteiger charge is 2.28. The molecule has 36 heavy (non-hydrogen) atoms. The molecule has 0 atom stereocenters. The topological polar surface area (TPSA) is 66.8 Å². The number of nitrogens with zero attached hydrogens (tertiary/aromatic N) is 1. The molecule has 1 saturated carbocycles. The van der Waals surface area contributed by atoms with Crippen LogP contribution in [0.3, 0.4) is 0 Å². The first-order valence-electron chi connectivity index (χ1n) is 12.4. The van der Waals surface area contributed by atoms with Gasteiger partial charge in [-0.2, -0.15) is 0 Å². The SMILES string of the molecule is COC(=O)c1ccc2c(C3CCCCC3)c(-c3ccc(F)cc3OCC(=O)OC(C)(C)C)n(C)c2c1. The summed E-state index contributed by atoms with van der Waals surface area (Å²) in [7, 11) is 3.30. The Labute approximate surface area is 211 Å². The summed E-state index contributed by atoms with van der Waals surface area (Å²) in [5, 5.41) is 1.05. The van der Waals surface area contributed by atoms with Crippen LogP contribution in [0.2, 0.25) is 0 Å². The Kier molecular flexibility index (Phi) is 7.38. The average molecular weight is 496 g/mol. The van der Waals surface area contributed by atoms with E-state index in [1.807, 2.05) is 23.7 Å². The van der Waals surface area contributed by atoms with E-state index in [4.69, 9.17) is 14.2 Å². The Morgan fingerprint density at radius 1 is 1.06 bits per heavy atom. The van der Waals surface area contributed by atoms with Crippen molar-refractivity contribution in [3.8, 4) is 17.0 Å². The largest absolute Gasteiger partial charge is 0.481 e. The minimum atomic E-state index is -0.646. The molecule has 6 nitrogen and oxygen atoms in total. The van der Waals surface area contributed by atoms with Gasteiger partial charge in [0.1, 0.15) is 17.2 Å². The number of aromatic nitrogens is 1. The summed E-state index contributed by atoms with van der Waals surface area (Å²) in [6.07, 6.45) is 5.61. The summed E-state index contributed by atoms with van der Waals surface area (Å²) in [6.45, 7) is 5.02. The molecule has 1 aromatic heterocycles. The Morgan fingerprint density at radius 3 is 2.44 bits per heavy atom. The van der Waals surface area contributed by atoms with Gasteiger partial charge >= 0.3 is 11.9 Å². The van der Waals surface area contributed by atoms with E-state index >= 15 is 0 Å². The summed E-state index contributed by atoms with van der Waals surface area (Å²) < 4.78 is 32.5. The monoisotopic (exact) mass is 495 g/mol. The van der Waals surface area contributed by atoms with Gasteiger partial charge in [0, 0.05) is 29.6 Å². The molecule has 0 bridgehead atoms. The summed E-state index contributed by atoms with van der Waals surface area (Å²) >= 11 is 0. The van der Waals surface area contributed by atoms with Crippen LogP contribution in [0.1, 0.15) is 74.7 Å². The van der Waals surface area contributed by atoms with Crippen LogP contribution in [0, 0.1) is 5.82 Å². The van der Waals surface area contributed by atoms with Crippen molar-refractivity contribution in [1.29, 1.82) is 0 Å². The number of hydrogen-bond acceptors (Lipinski definition) is 5. The molecule has 0 radical (unpaired) electrons. The number of fused-ring (bicyclic) bond motifs is 1. The fraction of sp³-hybridized carbons (Fsp3) is 0.448. The van der Waals surface area contributed by atoms with Crippen molar-refractivity contribution in [1.82, 2.24) is 4.57 Å². The molecule has 7 heteroatoms. The standard InChI is InChI=1S/C29H34FNO5/c1-29(2,3)36-25(32)17-35-24-16-20(30)12-14-22(24)27-26(18-9-7-6-8-10-18)21-13-11-19(28(33)34-5)15-23(21)31(27)4/h11-16,18H,6-10,17H2,1-5H3. The first kappa shape index (κ1) is 25.7. The van der Waals surface area contributed by atoms with Crippen molar-refractivity contribution in [3.05, 3.63) is 53.3 Å². The van der Waals surface area contributed by atoms with Gasteiger partial charge in [-0.25, -0.2) is 14.0 Å². The zero-order valence-electron chi connectivity index (χ0n) is 21.7. The lowest BCUT2D eigenvalue weighted by molar-refractivity contribution is -0.157. The number of methoxy groups -OCH3 is 1. The van der Waals surface area contributed by atoms with Gasteiger partial charge < -0.3 is 18.8 Å². The van der Waals surface area contributed by atoms with Crippen LogP contribution in [0.15, 0.2) is 36.4 Å². The van der Waals surface area contributed by atoms with Gasteiger partial charge in [0.15, 0.2) is 6.61 Å². The van der Waals surface area contributed by atoms with Crippen LogP contribution in [0.25, 0.3) is 22.2 Å². The van der Waals surface area contributed by atoms with E-state index in [2.05, 4.69) is 0 Å². The summed E-state index contributed by atoms with van der Waals surface area (Å²) in [4.78, 5) is 24.6. The molecular formula is C29H34FNO5. The third-order valence-electron chi connectivity index (χ3n) is 6.64. The molecule has 192 valence electrons. The van der Waals surface area contributed by atoms with Crippen LogP contribution < -0.4 is 4.74 Å². The number of carbonyl (C=O) groups excluding carboxylic acids is 2. The van der Waals surface area contributed by atoms with Gasteiger partial charge in [-0.15, -0.1) is 0 Å². The van der Waals surface area contributed by atoms with E-state index in [1.54, 1.807) is 32.9 Å². The Bertz CT molecular complexity index is 1280. The number of hydrogen-bond donors (Lipinski definition) is 0. The molecule has 3 aromatic rings. The Morgan fingerprint density at radius 2 is 1.78 bits per heavy atom. The van der Waals surface area contributed by atoms with Crippen LogP contribution >= 0.6 is 0 Å². The molecule has 1 fully saturated rings. The number of rotatable bonds is 6. The number of ether oxygens (including phenoxy) is 3. The molecule has 1 heterocycles. The molecule has 0 saturated heterocycles. The fourth-order valence-corrected chi connectivity index (χ4v) is 5.16. The van der Waals surface area contributed by atoms with E-state index < -0.39 is 23.4 Å². The zero-order chi connectivity index (χ0) is 26.0. The third-order valence-corrected chi connectivity index (χ3v) is 6.64. The van der Waals surface area contributed by atoms with Crippen LogP contribution in [-0.2, 0) is 21.3 Å². The summed E-state index contributed by atoms with van der Waals surface area (Å²) in [6, 6.07) is 10.00. The van der Waals surface area contributed by atoms with Gasteiger partial charge in [0.25, 0.3) is 0 Å². The first-order valence-corrected chi connectivity index (χ1v) is 12.4. The van der Waals surface area contributed by atoms with Crippen LogP contribution in [-0.4, -0.2) is 35.8 Å². The maximum atomic E-state index is 14.3. The van der Waals surface area contributed by atoms with E-state index in [0.717, 1.165) is 47.8 Å². The predicted molar refractivity (Wildman–Crippen MR) is 137 cm³/mol. The highest BCUT2D eigenvalue weighted by molar-refractivity contribution is 5.99. The molecule has 1 aliphatic rings. The minimum Gasteiger partial charge on any atom is -0.481 e. The van der Waals surface area contributed by atoms with Crippen molar-refractivity contribution in [2.45, 2.75) is 64.4 Å². The first-order chi connectivity index (χ1) is 17.1. The molecule has 0 spiro atoms. The van der Waals surface area contributed by atoms with Crippen molar-refractivity contribution < 1.29 is 28.2 Å². The van der Waals surface area contributed by atoms with Crippen molar-refractivity contribution in [3.63, 3.8) is 0 Å². The number of benzene rings is 2. The summed E-state index contributed by atoms with van der Waals surface area (Å²) in [5.41, 5.74) is 3.46. The molecule has 0 amide bonds. The van der Waals surface area contributed by atoms with Gasteiger partial charge in [0.05, 0.1) is 18.4 Å². The van der Waals surface area contributed by atoms with Crippen molar-refractivity contribution >= 4 is 22.8 Å². The van der Waals surface area contributed by atoms with Gasteiger partial charge in [0.2, 0.25) is 0 Å². The highest BCUT2D eigenvalue weighted by atomic mass is 19.1. The molecule has 4 rings (SSSR count). The van der Waals surface area contributed by atoms with E-state index in [0.29, 0.717) is 17.0 Å². The maximum Gasteiger partial charge on any atom is 0.344 e. The maximum absolute atomic E-state index is 14.3. The van der Waals surface area contributed by atoms with Crippen molar-refractivity contribution in [2.75, 3.05) is 13.7 Å². The predicted octanol–water partition coefficient (Wildman–Crippen LogP) is 6.54. The lowest BCUT2D eigenvalue weighted by Crippen LogP contribution is -2.27. The van der Waals surface area contributed by atoms with Gasteiger partial charge in [-0.1, -0.05) is 25.3 Å². The summed E-state index contributed by atoms with van der Waals surface area (Å²) in [5.74, 6) is -0.780. The quantitative estimate of drug-likeness (QED) is 0.363. The zero-order valence-corrected chi connectivity index (χ0v) is 21.7. The fourth-order valence-electron chi connectivity index (χ4n) is 5.16. The average Bonchev–Trinajstić information content (AvgIpc) is 3.13.